The molecule has 30 heavy (non-hydrogen) atoms. The molecule has 0 radical (unpaired) electrons. The first-order valence-corrected chi connectivity index (χ1v) is 9.38. The Morgan fingerprint density at radius 2 is 0.667 bits per heavy atom. The van der Waals surface area contributed by atoms with Gasteiger partial charge < -0.3 is 38.6 Å². The van der Waals surface area contributed by atoms with E-state index in [-0.39, 0.29) is 0 Å². The zero-order valence-electron chi connectivity index (χ0n) is 17.9. The lowest BCUT2D eigenvalue weighted by Crippen LogP contribution is -2.09. The highest BCUT2D eigenvalue weighted by Crippen LogP contribution is 1.82. The lowest BCUT2D eigenvalue weighted by Gasteiger charge is -2.04. The van der Waals surface area contributed by atoms with Crippen molar-refractivity contribution in [3.8, 4) is 0 Å². The van der Waals surface area contributed by atoms with Gasteiger partial charge in [0.25, 0.3) is 0 Å². The van der Waals surface area contributed by atoms with Gasteiger partial charge in [-0.2, -0.15) is 0 Å². The van der Waals surface area contributed by atoms with Crippen molar-refractivity contribution in [3.05, 3.63) is 50.6 Å². The van der Waals surface area contributed by atoms with Crippen LogP contribution in [0.1, 0.15) is 0 Å². The molecule has 9 heteroatoms. The van der Waals surface area contributed by atoms with Crippen LogP contribution in [0.2, 0.25) is 0 Å². The fraction of sp³-hybridized carbons (Fsp3) is 0.571. The predicted octanol–water partition coefficient (Wildman–Crippen LogP) is 3.04. The molecule has 0 rings (SSSR count). The van der Waals surface area contributed by atoms with Gasteiger partial charge >= 0.3 is 6.16 Å². The van der Waals surface area contributed by atoms with Gasteiger partial charge in [-0.05, 0) is 0 Å². The summed E-state index contributed by atoms with van der Waals surface area (Å²) < 4.78 is 30.9. The van der Waals surface area contributed by atoms with Crippen molar-refractivity contribution in [3.63, 3.8) is 0 Å². The third-order valence-corrected chi connectivity index (χ3v) is 2.43. The third-order valence-electron chi connectivity index (χ3n) is 2.43. The van der Waals surface area contributed by atoms with Crippen LogP contribution in [-0.4, -0.2) is 95.7 Å². The normalized spacial score (nSPS) is 9.33. The van der Waals surface area contributed by atoms with E-state index in [0.717, 1.165) is 0 Å². The zero-order chi connectivity index (χ0) is 23.1. The van der Waals surface area contributed by atoms with Crippen LogP contribution in [0, 0.1) is 0 Å². The molecule has 176 valence electrons. The van der Waals surface area contributed by atoms with Crippen molar-refractivity contribution >= 4 is 6.16 Å². The van der Waals surface area contributed by atoms with Crippen LogP contribution >= 0.6 is 0 Å². The van der Waals surface area contributed by atoms with E-state index < -0.39 is 6.16 Å². The van der Waals surface area contributed by atoms with Crippen molar-refractivity contribution in [2.45, 2.75) is 0 Å². The van der Waals surface area contributed by atoms with E-state index in [1.165, 1.54) is 0 Å². The molecule has 0 aliphatic rings. The number of carboxylic acid groups (broad SMARTS) is 2. The van der Waals surface area contributed by atoms with Crippen LogP contribution < -0.4 is 0 Å². The maximum Gasteiger partial charge on any atom is 0.503 e. The van der Waals surface area contributed by atoms with Crippen LogP contribution in [0.25, 0.3) is 0 Å². The Morgan fingerprint density at radius 3 is 0.833 bits per heavy atom. The number of ether oxygens (including phenoxy) is 6. The van der Waals surface area contributed by atoms with E-state index >= 15 is 0 Å². The van der Waals surface area contributed by atoms with E-state index in [9.17, 15) is 0 Å². The lowest BCUT2D eigenvalue weighted by molar-refractivity contribution is 0.0253. The average molecular weight is 435 g/mol. The first-order valence-electron chi connectivity index (χ1n) is 9.38. The van der Waals surface area contributed by atoms with Crippen molar-refractivity contribution in [2.24, 2.45) is 0 Å². The molecule has 0 aliphatic heterocycles. The molecule has 0 saturated carbocycles. The van der Waals surface area contributed by atoms with Gasteiger partial charge in [-0.25, -0.2) is 4.79 Å². The fourth-order valence-electron chi connectivity index (χ4n) is 1.34. The minimum atomic E-state index is -1.83. The van der Waals surface area contributed by atoms with Gasteiger partial charge in [0.2, 0.25) is 0 Å². The summed E-state index contributed by atoms with van der Waals surface area (Å²) in [5.41, 5.74) is 0. The summed E-state index contributed by atoms with van der Waals surface area (Å²) >= 11 is 0. The van der Waals surface area contributed by atoms with Gasteiger partial charge in [0, 0.05) is 0 Å². The van der Waals surface area contributed by atoms with Crippen molar-refractivity contribution in [2.75, 3.05) is 79.3 Å². The SMILES string of the molecule is C=CCOCCOCCOCC=C.C=CCOCCOCCOCC=C.O=C(O)O. The monoisotopic (exact) mass is 434 g/mol. The Hall–Kier alpha value is -2.01. The molecule has 0 bridgehead atoms. The van der Waals surface area contributed by atoms with Crippen LogP contribution in [0.4, 0.5) is 4.79 Å². The molecule has 0 unspecified atom stereocenters. The molecule has 0 aromatic rings. The molecule has 0 amide bonds. The van der Waals surface area contributed by atoms with Crippen molar-refractivity contribution in [1.82, 2.24) is 0 Å². The van der Waals surface area contributed by atoms with Gasteiger partial charge in [0.1, 0.15) is 0 Å². The molecule has 2 N–H and O–H groups in total. The molecule has 0 aromatic heterocycles. The first kappa shape index (κ1) is 32.6. The largest absolute Gasteiger partial charge is 0.503 e. The van der Waals surface area contributed by atoms with Crippen LogP contribution in [0.15, 0.2) is 50.6 Å². The summed E-state index contributed by atoms with van der Waals surface area (Å²) in [4.78, 5) is 8.56. The van der Waals surface area contributed by atoms with E-state index in [2.05, 4.69) is 26.3 Å². The number of rotatable bonds is 20. The van der Waals surface area contributed by atoms with Gasteiger partial charge in [0.15, 0.2) is 0 Å². The molecule has 9 nitrogen and oxygen atoms in total. The Morgan fingerprint density at radius 1 is 0.500 bits per heavy atom. The summed E-state index contributed by atoms with van der Waals surface area (Å²) in [5, 5.41) is 13.9. The smallest absolute Gasteiger partial charge is 0.450 e. The van der Waals surface area contributed by atoms with Crippen LogP contribution in [0.3, 0.4) is 0 Å². The van der Waals surface area contributed by atoms with Gasteiger partial charge in [-0.3, -0.25) is 0 Å². The van der Waals surface area contributed by atoms with E-state index in [4.69, 9.17) is 43.4 Å². The standard InChI is InChI=1S/2C10H18O3.CH2O3/c2*1-3-5-11-7-9-13-10-8-12-6-4-2;2-1(3)4/h2*3-4H,1-2,5-10H2;(H2,2,3,4). The Kier molecular flexibility index (Phi) is 37.5. The molecule has 0 heterocycles. The number of hydrogen-bond acceptors (Lipinski definition) is 7. The second kappa shape index (κ2) is 34.5. The summed E-state index contributed by atoms with van der Waals surface area (Å²) in [6, 6.07) is 0. The van der Waals surface area contributed by atoms with E-state index in [1.54, 1.807) is 24.3 Å². The summed E-state index contributed by atoms with van der Waals surface area (Å²) in [7, 11) is 0. The minimum absolute atomic E-state index is 0.580. The van der Waals surface area contributed by atoms with Gasteiger partial charge in [-0.15, -0.1) is 26.3 Å². The zero-order valence-corrected chi connectivity index (χ0v) is 17.9. The van der Waals surface area contributed by atoms with Crippen molar-refractivity contribution < 1.29 is 43.4 Å². The highest BCUT2D eigenvalue weighted by Gasteiger charge is 1.89. The third kappa shape index (κ3) is 50.2. The quantitative estimate of drug-likeness (QED) is 0.220. The first-order chi connectivity index (χ1) is 14.6. The van der Waals surface area contributed by atoms with Crippen LogP contribution in [-0.2, 0) is 28.4 Å². The van der Waals surface area contributed by atoms with E-state index in [0.29, 0.717) is 79.3 Å². The second-order valence-electron chi connectivity index (χ2n) is 4.96. The fourth-order valence-corrected chi connectivity index (χ4v) is 1.34. The topological polar surface area (TPSA) is 113 Å². The Balaban J connectivity index is -0.000000412. The highest BCUT2D eigenvalue weighted by atomic mass is 16.6. The second-order valence-corrected chi connectivity index (χ2v) is 4.96. The Labute approximate surface area is 180 Å². The molecule has 0 spiro atoms. The molecule has 0 saturated heterocycles. The van der Waals surface area contributed by atoms with Gasteiger partial charge in [-0.1, -0.05) is 24.3 Å². The summed E-state index contributed by atoms with van der Waals surface area (Å²) in [6.07, 6.45) is 5.03. The van der Waals surface area contributed by atoms with Crippen LogP contribution in [0.5, 0.6) is 0 Å². The molecule has 0 aliphatic carbocycles. The molecular formula is C21H38O9. The summed E-state index contributed by atoms with van der Waals surface area (Å²) in [5.74, 6) is 0. The molecule has 0 atom stereocenters. The number of hydrogen-bond donors (Lipinski definition) is 2. The minimum Gasteiger partial charge on any atom is -0.450 e. The summed E-state index contributed by atoms with van der Waals surface area (Å²) in [6.45, 7) is 21.3. The molecule has 0 aromatic carbocycles. The van der Waals surface area contributed by atoms with Gasteiger partial charge in [0.05, 0.1) is 79.3 Å². The number of carbonyl (C=O) groups is 1. The van der Waals surface area contributed by atoms with E-state index in [1.807, 2.05) is 0 Å². The van der Waals surface area contributed by atoms with Crippen molar-refractivity contribution in [1.29, 1.82) is 0 Å². The maximum atomic E-state index is 8.56. The predicted molar refractivity (Wildman–Crippen MR) is 116 cm³/mol. The Bertz CT molecular complexity index is 325. The molecular weight excluding hydrogens is 396 g/mol. The maximum absolute atomic E-state index is 8.56. The molecule has 0 fully saturated rings. The highest BCUT2D eigenvalue weighted by molar-refractivity contribution is 5.53. The average Bonchev–Trinajstić information content (AvgIpc) is 2.71. The lowest BCUT2D eigenvalue weighted by atomic mass is 10.6.